The molecule has 4 rings (SSSR count). The molecule has 0 spiro atoms. The number of anilines is 1. The molecule has 0 aromatic heterocycles. The fraction of sp³-hybridized carbons (Fsp3) is 0.185. The molecule has 0 bridgehead atoms. The van der Waals surface area contributed by atoms with Gasteiger partial charge in [0.1, 0.15) is 23.0 Å². The van der Waals surface area contributed by atoms with Crippen LogP contribution in [0.1, 0.15) is 22.7 Å². The summed E-state index contributed by atoms with van der Waals surface area (Å²) in [7, 11) is 4.51. The standard InChI is InChI=1S/C27H25NO6/c1-16-7-5-8-17(13-16)24-23(25(29)21-12-11-20(33-3)15-22(21)34-4)26(30)27(31)28(24)18-9-6-10-19(14-18)32-2/h5-15,24,29H,1-4H3/b25-23-. The van der Waals surface area contributed by atoms with E-state index in [0.717, 1.165) is 5.56 Å². The summed E-state index contributed by atoms with van der Waals surface area (Å²) in [5.41, 5.74) is 2.38. The summed E-state index contributed by atoms with van der Waals surface area (Å²) in [6.07, 6.45) is 0. The van der Waals surface area contributed by atoms with E-state index in [1.54, 1.807) is 42.5 Å². The van der Waals surface area contributed by atoms with Crippen LogP contribution in [0.5, 0.6) is 17.2 Å². The highest BCUT2D eigenvalue weighted by Crippen LogP contribution is 2.44. The van der Waals surface area contributed by atoms with Gasteiger partial charge in [-0.3, -0.25) is 14.5 Å². The number of carbonyl (C=O) groups is 2. The van der Waals surface area contributed by atoms with Crippen molar-refractivity contribution in [2.45, 2.75) is 13.0 Å². The van der Waals surface area contributed by atoms with Crippen molar-refractivity contribution in [1.82, 2.24) is 0 Å². The van der Waals surface area contributed by atoms with Gasteiger partial charge in [0.2, 0.25) is 0 Å². The number of Topliss-reactive ketones (excluding diaryl/α,β-unsaturated/α-hetero) is 1. The SMILES string of the molecule is COc1cccc(N2C(=O)C(=O)/C(=C(\O)c3ccc(OC)cc3OC)C2c2cccc(C)c2)c1. The van der Waals surface area contributed by atoms with E-state index >= 15 is 0 Å². The molecule has 1 aliphatic rings. The zero-order valence-electron chi connectivity index (χ0n) is 19.4. The maximum atomic E-state index is 13.3. The number of ether oxygens (including phenoxy) is 3. The predicted octanol–water partition coefficient (Wildman–Crippen LogP) is 4.65. The van der Waals surface area contributed by atoms with Crippen molar-refractivity contribution in [3.05, 3.63) is 89.0 Å². The smallest absolute Gasteiger partial charge is 0.300 e. The van der Waals surface area contributed by atoms with Crippen molar-refractivity contribution < 1.29 is 28.9 Å². The first kappa shape index (κ1) is 22.9. The van der Waals surface area contributed by atoms with Crippen molar-refractivity contribution in [3.63, 3.8) is 0 Å². The van der Waals surface area contributed by atoms with Gasteiger partial charge in [0.05, 0.1) is 38.5 Å². The number of aryl methyl sites for hydroxylation is 1. The van der Waals surface area contributed by atoms with Crippen molar-refractivity contribution in [3.8, 4) is 17.2 Å². The second-order valence-electron chi connectivity index (χ2n) is 7.85. The Kier molecular flexibility index (Phi) is 6.27. The molecule has 174 valence electrons. The number of benzene rings is 3. The van der Waals surface area contributed by atoms with Gasteiger partial charge in [-0.25, -0.2) is 0 Å². The van der Waals surface area contributed by atoms with E-state index in [1.165, 1.54) is 26.2 Å². The highest BCUT2D eigenvalue weighted by Gasteiger charge is 2.47. The third kappa shape index (κ3) is 3.96. The van der Waals surface area contributed by atoms with Crippen LogP contribution in [0.4, 0.5) is 5.69 Å². The van der Waals surface area contributed by atoms with E-state index in [-0.39, 0.29) is 16.9 Å². The molecule has 7 heteroatoms. The first-order chi connectivity index (χ1) is 16.4. The van der Waals surface area contributed by atoms with Crippen molar-refractivity contribution >= 4 is 23.1 Å². The van der Waals surface area contributed by atoms with E-state index in [2.05, 4.69) is 0 Å². The fourth-order valence-electron chi connectivity index (χ4n) is 4.15. The summed E-state index contributed by atoms with van der Waals surface area (Å²) in [5, 5.41) is 11.4. The fourth-order valence-corrected chi connectivity index (χ4v) is 4.15. The lowest BCUT2D eigenvalue weighted by molar-refractivity contribution is -0.132. The number of nitrogens with zero attached hydrogens (tertiary/aromatic N) is 1. The quantitative estimate of drug-likeness (QED) is 0.328. The molecule has 3 aromatic rings. The molecular formula is C27H25NO6. The van der Waals surface area contributed by atoms with Crippen molar-refractivity contribution in [2.75, 3.05) is 26.2 Å². The van der Waals surface area contributed by atoms with Gasteiger partial charge in [0, 0.05) is 17.8 Å². The van der Waals surface area contributed by atoms with Gasteiger partial charge in [0.15, 0.2) is 0 Å². The minimum absolute atomic E-state index is 0.0260. The highest BCUT2D eigenvalue weighted by molar-refractivity contribution is 6.51. The molecular weight excluding hydrogens is 434 g/mol. The van der Waals surface area contributed by atoms with E-state index in [9.17, 15) is 14.7 Å². The number of aliphatic hydroxyl groups excluding tert-OH is 1. The Morgan fingerprint density at radius 2 is 1.56 bits per heavy atom. The lowest BCUT2D eigenvalue weighted by Gasteiger charge is -2.26. The minimum atomic E-state index is -0.848. The predicted molar refractivity (Wildman–Crippen MR) is 129 cm³/mol. The number of hydrogen-bond acceptors (Lipinski definition) is 6. The summed E-state index contributed by atoms with van der Waals surface area (Å²) in [6, 6.07) is 18.4. The van der Waals surface area contributed by atoms with Gasteiger partial charge >= 0.3 is 0 Å². The normalized spacial score (nSPS) is 17.1. The third-order valence-electron chi connectivity index (χ3n) is 5.80. The zero-order valence-corrected chi connectivity index (χ0v) is 19.4. The molecule has 1 fully saturated rings. The second kappa shape index (κ2) is 9.31. The number of amides is 1. The number of rotatable bonds is 6. The average Bonchev–Trinajstić information content (AvgIpc) is 3.13. The third-order valence-corrected chi connectivity index (χ3v) is 5.80. The van der Waals surface area contributed by atoms with Crippen molar-refractivity contribution in [1.29, 1.82) is 0 Å². The Morgan fingerprint density at radius 3 is 2.24 bits per heavy atom. The molecule has 1 N–H and O–H groups in total. The minimum Gasteiger partial charge on any atom is -0.507 e. The number of carbonyl (C=O) groups excluding carboxylic acids is 2. The number of aliphatic hydroxyl groups is 1. The molecule has 0 aliphatic carbocycles. The molecule has 1 unspecified atom stereocenters. The Balaban J connectivity index is 1.97. The van der Waals surface area contributed by atoms with Crippen LogP contribution in [-0.4, -0.2) is 38.1 Å². The van der Waals surface area contributed by atoms with Crippen LogP contribution >= 0.6 is 0 Å². The lowest BCUT2D eigenvalue weighted by atomic mass is 9.94. The molecule has 1 saturated heterocycles. The molecule has 1 atom stereocenters. The Morgan fingerprint density at radius 1 is 0.853 bits per heavy atom. The van der Waals surface area contributed by atoms with Gasteiger partial charge in [-0.05, 0) is 36.8 Å². The van der Waals surface area contributed by atoms with Crippen molar-refractivity contribution in [2.24, 2.45) is 0 Å². The summed E-state index contributed by atoms with van der Waals surface area (Å²) in [4.78, 5) is 28.0. The zero-order chi connectivity index (χ0) is 24.4. The molecule has 34 heavy (non-hydrogen) atoms. The molecule has 0 saturated carbocycles. The highest BCUT2D eigenvalue weighted by atomic mass is 16.5. The first-order valence-electron chi connectivity index (χ1n) is 10.6. The largest absolute Gasteiger partial charge is 0.507 e. The van der Waals surface area contributed by atoms with E-state index in [0.29, 0.717) is 28.5 Å². The summed E-state index contributed by atoms with van der Waals surface area (Å²) in [6.45, 7) is 1.92. The monoisotopic (exact) mass is 459 g/mol. The van der Waals surface area contributed by atoms with Crippen LogP contribution in [0.3, 0.4) is 0 Å². The van der Waals surface area contributed by atoms with Gasteiger partial charge in [-0.15, -0.1) is 0 Å². The van der Waals surface area contributed by atoms with Gasteiger partial charge in [-0.1, -0.05) is 35.9 Å². The molecule has 7 nitrogen and oxygen atoms in total. The van der Waals surface area contributed by atoms with Crippen LogP contribution in [0.2, 0.25) is 0 Å². The lowest BCUT2D eigenvalue weighted by Crippen LogP contribution is -2.29. The molecule has 1 aliphatic heterocycles. The van der Waals surface area contributed by atoms with Gasteiger partial charge in [0.25, 0.3) is 11.7 Å². The Bertz CT molecular complexity index is 1300. The Hall–Kier alpha value is -4.26. The van der Waals surface area contributed by atoms with Gasteiger partial charge in [-0.2, -0.15) is 0 Å². The summed E-state index contributed by atoms with van der Waals surface area (Å²) < 4.78 is 16.0. The van der Waals surface area contributed by atoms with Crippen LogP contribution in [0.25, 0.3) is 5.76 Å². The van der Waals surface area contributed by atoms with Gasteiger partial charge < -0.3 is 19.3 Å². The van der Waals surface area contributed by atoms with Crippen LogP contribution in [0, 0.1) is 6.92 Å². The summed E-state index contributed by atoms with van der Waals surface area (Å²) >= 11 is 0. The number of hydrogen-bond donors (Lipinski definition) is 1. The molecule has 1 heterocycles. The molecule has 0 radical (unpaired) electrons. The number of ketones is 1. The van der Waals surface area contributed by atoms with Crippen LogP contribution in [-0.2, 0) is 9.59 Å². The van der Waals surface area contributed by atoms with Crippen LogP contribution in [0.15, 0.2) is 72.3 Å². The number of methoxy groups -OCH3 is 3. The maximum Gasteiger partial charge on any atom is 0.300 e. The van der Waals surface area contributed by atoms with E-state index in [4.69, 9.17) is 14.2 Å². The van der Waals surface area contributed by atoms with E-state index < -0.39 is 17.7 Å². The Labute approximate surface area is 197 Å². The average molecular weight is 459 g/mol. The topological polar surface area (TPSA) is 85.3 Å². The maximum absolute atomic E-state index is 13.3. The molecule has 1 amide bonds. The summed E-state index contributed by atoms with van der Waals surface area (Å²) in [5.74, 6) is -0.472. The van der Waals surface area contributed by atoms with E-state index in [1.807, 2.05) is 31.2 Å². The van der Waals surface area contributed by atoms with Crippen LogP contribution < -0.4 is 19.1 Å². The molecule has 3 aromatic carbocycles. The second-order valence-corrected chi connectivity index (χ2v) is 7.85. The first-order valence-corrected chi connectivity index (χ1v) is 10.6.